The third-order valence-electron chi connectivity index (χ3n) is 4.61. The molecule has 0 saturated heterocycles. The molecule has 0 bridgehead atoms. The minimum Gasteiger partial charge on any atom is -0.374 e. The molecule has 1 aliphatic heterocycles. The Kier molecular flexibility index (Phi) is 5.65. The maximum absolute atomic E-state index is 3.63. The molecule has 0 aromatic heterocycles. The van der Waals surface area contributed by atoms with Crippen molar-refractivity contribution in [2.75, 3.05) is 39.1 Å². The number of anilines is 1. The highest BCUT2D eigenvalue weighted by Crippen LogP contribution is 2.26. The zero-order valence-electron chi connectivity index (χ0n) is 14.3. The molecule has 1 unspecified atom stereocenters. The molecule has 0 fully saturated rings. The van der Waals surface area contributed by atoms with Crippen molar-refractivity contribution in [2.45, 2.75) is 39.3 Å². The van der Waals surface area contributed by atoms with Crippen LogP contribution >= 0.6 is 0 Å². The summed E-state index contributed by atoms with van der Waals surface area (Å²) >= 11 is 0. The number of benzene rings is 1. The van der Waals surface area contributed by atoms with Gasteiger partial charge >= 0.3 is 0 Å². The summed E-state index contributed by atoms with van der Waals surface area (Å²) in [5.41, 5.74) is 4.33. The predicted octanol–water partition coefficient (Wildman–Crippen LogP) is 2.74. The molecule has 1 N–H and O–H groups in total. The van der Waals surface area contributed by atoms with Gasteiger partial charge in [0.15, 0.2) is 0 Å². The van der Waals surface area contributed by atoms with Gasteiger partial charge in [0.05, 0.1) is 0 Å². The maximum Gasteiger partial charge on any atom is 0.0396 e. The van der Waals surface area contributed by atoms with Crippen molar-refractivity contribution < 1.29 is 0 Å². The maximum atomic E-state index is 3.63. The molecule has 0 saturated carbocycles. The molecule has 1 aromatic carbocycles. The van der Waals surface area contributed by atoms with E-state index in [1.165, 1.54) is 36.2 Å². The zero-order chi connectivity index (χ0) is 15.4. The van der Waals surface area contributed by atoms with Crippen LogP contribution in [0.4, 0.5) is 5.69 Å². The van der Waals surface area contributed by atoms with Gasteiger partial charge in [-0.3, -0.25) is 0 Å². The molecule has 0 aliphatic carbocycles. The van der Waals surface area contributed by atoms with Crippen molar-refractivity contribution in [2.24, 2.45) is 5.92 Å². The van der Waals surface area contributed by atoms with E-state index < -0.39 is 0 Å². The summed E-state index contributed by atoms with van der Waals surface area (Å²) in [4.78, 5) is 4.69. The van der Waals surface area contributed by atoms with Gasteiger partial charge in [-0.2, -0.15) is 0 Å². The Balaban J connectivity index is 1.92. The van der Waals surface area contributed by atoms with Crippen LogP contribution < -0.4 is 10.2 Å². The molecule has 21 heavy (non-hydrogen) atoms. The summed E-state index contributed by atoms with van der Waals surface area (Å²) in [7, 11) is 6.53. The van der Waals surface area contributed by atoms with Gasteiger partial charge in [0.2, 0.25) is 0 Å². The van der Waals surface area contributed by atoms with Crippen molar-refractivity contribution in [1.82, 2.24) is 10.2 Å². The van der Waals surface area contributed by atoms with Crippen LogP contribution in [0.25, 0.3) is 0 Å². The van der Waals surface area contributed by atoms with E-state index >= 15 is 0 Å². The minimum atomic E-state index is 0.591. The third-order valence-corrected chi connectivity index (χ3v) is 4.61. The molecule has 2 rings (SSSR count). The Hall–Kier alpha value is -1.06. The van der Waals surface area contributed by atoms with Gasteiger partial charge in [0.1, 0.15) is 0 Å². The Morgan fingerprint density at radius 1 is 1.29 bits per heavy atom. The Morgan fingerprint density at radius 3 is 2.71 bits per heavy atom. The smallest absolute Gasteiger partial charge is 0.0396 e. The van der Waals surface area contributed by atoms with Crippen LogP contribution in [0, 0.1) is 5.92 Å². The molecule has 1 aliphatic rings. The number of rotatable bonds is 6. The van der Waals surface area contributed by atoms with E-state index in [-0.39, 0.29) is 0 Å². The monoisotopic (exact) mass is 289 g/mol. The van der Waals surface area contributed by atoms with Gasteiger partial charge in [0.25, 0.3) is 0 Å². The average Bonchev–Trinajstić information content (AvgIpc) is 2.43. The number of nitrogens with zero attached hydrogens (tertiary/aromatic N) is 2. The molecule has 1 atom stereocenters. The first-order chi connectivity index (χ1) is 9.99. The van der Waals surface area contributed by atoms with Crippen molar-refractivity contribution in [1.29, 1.82) is 0 Å². The molecule has 1 aromatic rings. The zero-order valence-corrected chi connectivity index (χ0v) is 14.3. The molecular formula is C18H31N3. The van der Waals surface area contributed by atoms with Gasteiger partial charge in [-0.15, -0.1) is 0 Å². The van der Waals surface area contributed by atoms with E-state index in [0.29, 0.717) is 12.0 Å². The minimum absolute atomic E-state index is 0.591. The Morgan fingerprint density at radius 2 is 2.05 bits per heavy atom. The highest BCUT2D eigenvalue weighted by atomic mass is 15.1. The van der Waals surface area contributed by atoms with Gasteiger partial charge in [-0.25, -0.2) is 0 Å². The summed E-state index contributed by atoms with van der Waals surface area (Å²) in [6.07, 6.45) is 2.50. The lowest BCUT2D eigenvalue weighted by atomic mass is 9.99. The number of hydrogen-bond donors (Lipinski definition) is 1. The number of nitrogens with one attached hydrogen (secondary N) is 1. The van der Waals surface area contributed by atoms with Crippen LogP contribution in [0.2, 0.25) is 0 Å². The van der Waals surface area contributed by atoms with E-state index in [4.69, 9.17) is 0 Å². The van der Waals surface area contributed by atoms with Gasteiger partial charge in [0, 0.05) is 38.4 Å². The lowest BCUT2D eigenvalue weighted by Crippen LogP contribution is -2.41. The third kappa shape index (κ3) is 4.21. The molecule has 1 heterocycles. The number of aryl methyl sites for hydroxylation is 1. The van der Waals surface area contributed by atoms with Crippen molar-refractivity contribution in [3.63, 3.8) is 0 Å². The van der Waals surface area contributed by atoms with Gasteiger partial charge in [-0.05, 0) is 50.0 Å². The fraction of sp³-hybridized carbons (Fsp3) is 0.667. The topological polar surface area (TPSA) is 18.5 Å². The molecule has 3 nitrogen and oxygen atoms in total. The van der Waals surface area contributed by atoms with Crippen molar-refractivity contribution in [3.8, 4) is 0 Å². The summed E-state index contributed by atoms with van der Waals surface area (Å²) in [6, 6.07) is 7.54. The molecular weight excluding hydrogens is 258 g/mol. The molecule has 118 valence electrons. The molecule has 3 heteroatoms. The highest BCUT2D eigenvalue weighted by Gasteiger charge is 2.16. The SMILES string of the molecule is CC(C)C(CNCc1ccc2c(c1)CCCN2C)N(C)C. The first-order valence-electron chi connectivity index (χ1n) is 8.19. The van der Waals surface area contributed by atoms with E-state index in [2.05, 4.69) is 68.3 Å². The van der Waals surface area contributed by atoms with Gasteiger partial charge in [-0.1, -0.05) is 26.0 Å². The quantitative estimate of drug-likeness (QED) is 0.869. The standard InChI is InChI=1S/C18H31N3/c1-14(2)18(20(3)4)13-19-12-15-8-9-17-16(11-15)7-6-10-21(17)5/h8-9,11,14,18-19H,6-7,10,12-13H2,1-5H3. The van der Waals surface area contributed by atoms with Crippen molar-refractivity contribution >= 4 is 5.69 Å². The largest absolute Gasteiger partial charge is 0.374 e. The first kappa shape index (κ1) is 16.3. The highest BCUT2D eigenvalue weighted by molar-refractivity contribution is 5.56. The van der Waals surface area contributed by atoms with E-state index in [9.17, 15) is 0 Å². The first-order valence-corrected chi connectivity index (χ1v) is 8.19. The molecule has 0 spiro atoms. The van der Waals surface area contributed by atoms with Crippen LogP contribution in [0.15, 0.2) is 18.2 Å². The van der Waals surface area contributed by atoms with E-state index in [1.54, 1.807) is 0 Å². The van der Waals surface area contributed by atoms with Crippen molar-refractivity contribution in [3.05, 3.63) is 29.3 Å². The Labute approximate surface area is 130 Å². The number of fused-ring (bicyclic) bond motifs is 1. The Bertz CT molecular complexity index is 446. The number of hydrogen-bond acceptors (Lipinski definition) is 3. The van der Waals surface area contributed by atoms with Crippen LogP contribution in [0.3, 0.4) is 0 Å². The van der Waals surface area contributed by atoms with E-state index in [1.807, 2.05) is 0 Å². The summed E-state index contributed by atoms with van der Waals surface area (Å²) in [5.74, 6) is 0.671. The summed E-state index contributed by atoms with van der Waals surface area (Å²) in [5, 5.41) is 3.63. The van der Waals surface area contributed by atoms with Crippen LogP contribution in [0.1, 0.15) is 31.4 Å². The fourth-order valence-corrected chi connectivity index (χ4v) is 3.33. The fourth-order valence-electron chi connectivity index (χ4n) is 3.33. The normalized spacial score (nSPS) is 16.4. The lowest BCUT2D eigenvalue weighted by Gasteiger charge is -2.29. The number of likely N-dealkylation sites (N-methyl/N-ethyl adjacent to an activating group) is 1. The second-order valence-corrected chi connectivity index (χ2v) is 6.89. The van der Waals surface area contributed by atoms with E-state index in [0.717, 1.165) is 13.1 Å². The van der Waals surface area contributed by atoms with Crippen LogP contribution in [0.5, 0.6) is 0 Å². The van der Waals surface area contributed by atoms with Gasteiger partial charge < -0.3 is 15.1 Å². The van der Waals surface area contributed by atoms with Crippen LogP contribution in [-0.4, -0.2) is 45.2 Å². The molecule has 0 amide bonds. The average molecular weight is 289 g/mol. The molecule has 0 radical (unpaired) electrons. The predicted molar refractivity (Wildman–Crippen MR) is 92.1 cm³/mol. The second-order valence-electron chi connectivity index (χ2n) is 6.89. The summed E-state index contributed by atoms with van der Waals surface area (Å²) in [6.45, 7) is 7.78. The second kappa shape index (κ2) is 7.28. The summed E-state index contributed by atoms with van der Waals surface area (Å²) < 4.78 is 0. The lowest BCUT2D eigenvalue weighted by molar-refractivity contribution is 0.224. The van der Waals surface area contributed by atoms with Crippen LogP contribution in [-0.2, 0) is 13.0 Å².